The first kappa shape index (κ1) is 15.8. The van der Waals surface area contributed by atoms with Crippen LogP contribution in [0, 0.1) is 16.3 Å². The van der Waals surface area contributed by atoms with Crippen molar-refractivity contribution in [2.45, 2.75) is 39.3 Å². The minimum absolute atomic E-state index is 0.266. The standard InChI is InChI=1S/C13H19FIN3OSi/c1-9-11(14)12(15)10-7-16-18(13(10)17-9)8-19-5-6-20(2,3)4/h7H,5-6,8H2,1-4H3. The number of pyridine rings is 1. The highest BCUT2D eigenvalue weighted by Gasteiger charge is 2.15. The lowest BCUT2D eigenvalue weighted by Crippen LogP contribution is -2.22. The Morgan fingerprint density at radius 3 is 2.75 bits per heavy atom. The van der Waals surface area contributed by atoms with Gasteiger partial charge in [-0.1, -0.05) is 19.6 Å². The van der Waals surface area contributed by atoms with Crippen LogP contribution in [0.5, 0.6) is 0 Å². The van der Waals surface area contributed by atoms with Gasteiger partial charge in [0.05, 0.1) is 20.8 Å². The van der Waals surface area contributed by atoms with Crippen LogP contribution in [0.4, 0.5) is 4.39 Å². The first-order valence-electron chi connectivity index (χ1n) is 6.54. The molecule has 0 atom stereocenters. The van der Waals surface area contributed by atoms with Crippen LogP contribution in [0.25, 0.3) is 11.0 Å². The first-order chi connectivity index (χ1) is 9.29. The molecule has 0 aliphatic heterocycles. The van der Waals surface area contributed by atoms with Gasteiger partial charge in [0.15, 0.2) is 11.5 Å². The average molecular weight is 407 g/mol. The summed E-state index contributed by atoms with van der Waals surface area (Å²) in [5.74, 6) is -0.266. The van der Waals surface area contributed by atoms with E-state index in [0.717, 1.165) is 18.0 Å². The van der Waals surface area contributed by atoms with E-state index in [1.165, 1.54) is 0 Å². The molecule has 0 saturated carbocycles. The third-order valence-electron chi connectivity index (χ3n) is 3.04. The molecule has 0 amide bonds. The van der Waals surface area contributed by atoms with Crippen molar-refractivity contribution in [2.75, 3.05) is 6.61 Å². The van der Waals surface area contributed by atoms with Gasteiger partial charge in [0.1, 0.15) is 6.73 Å². The van der Waals surface area contributed by atoms with Gasteiger partial charge in [-0.15, -0.1) is 0 Å². The van der Waals surface area contributed by atoms with Gasteiger partial charge in [-0.25, -0.2) is 14.1 Å². The normalized spacial score (nSPS) is 12.3. The minimum Gasteiger partial charge on any atom is -0.359 e. The van der Waals surface area contributed by atoms with Crippen LogP contribution in [0.15, 0.2) is 6.20 Å². The van der Waals surface area contributed by atoms with E-state index in [-0.39, 0.29) is 5.82 Å². The summed E-state index contributed by atoms with van der Waals surface area (Å²) >= 11 is 1.99. The van der Waals surface area contributed by atoms with Crippen LogP contribution < -0.4 is 0 Å². The molecule has 7 heteroatoms. The van der Waals surface area contributed by atoms with Gasteiger partial charge in [0, 0.05) is 14.7 Å². The minimum atomic E-state index is -1.08. The fraction of sp³-hybridized carbons (Fsp3) is 0.538. The Balaban J connectivity index is 2.12. The van der Waals surface area contributed by atoms with E-state index in [9.17, 15) is 4.39 Å². The molecule has 0 aliphatic rings. The van der Waals surface area contributed by atoms with Crippen LogP contribution in [-0.4, -0.2) is 29.4 Å². The lowest BCUT2D eigenvalue weighted by Gasteiger charge is -2.15. The van der Waals surface area contributed by atoms with Crippen molar-refractivity contribution in [3.63, 3.8) is 0 Å². The number of aromatic nitrogens is 3. The summed E-state index contributed by atoms with van der Waals surface area (Å²) < 4.78 is 21.7. The van der Waals surface area contributed by atoms with Gasteiger partial charge < -0.3 is 4.74 Å². The van der Waals surface area contributed by atoms with E-state index >= 15 is 0 Å². The largest absolute Gasteiger partial charge is 0.359 e. The van der Waals surface area contributed by atoms with Crippen molar-refractivity contribution in [3.05, 3.63) is 21.3 Å². The molecule has 0 N–H and O–H groups in total. The Morgan fingerprint density at radius 2 is 2.10 bits per heavy atom. The maximum absolute atomic E-state index is 13.8. The zero-order valence-corrected chi connectivity index (χ0v) is 15.4. The van der Waals surface area contributed by atoms with E-state index in [0.29, 0.717) is 21.6 Å². The molecular formula is C13H19FIN3OSi. The molecule has 4 nitrogen and oxygen atoms in total. The van der Waals surface area contributed by atoms with Gasteiger partial charge in [0.25, 0.3) is 0 Å². The third kappa shape index (κ3) is 3.56. The van der Waals surface area contributed by atoms with Gasteiger partial charge in [-0.3, -0.25) is 0 Å². The molecule has 110 valence electrons. The van der Waals surface area contributed by atoms with Crippen molar-refractivity contribution >= 4 is 41.7 Å². The second-order valence-corrected chi connectivity index (χ2v) is 12.8. The number of halogens is 2. The predicted octanol–water partition coefficient (Wildman–Crippen LogP) is 3.80. The molecule has 0 bridgehead atoms. The monoisotopic (exact) mass is 407 g/mol. The van der Waals surface area contributed by atoms with E-state index in [1.807, 2.05) is 22.6 Å². The summed E-state index contributed by atoms with van der Waals surface area (Å²) in [6.07, 6.45) is 1.65. The molecule has 0 radical (unpaired) electrons. The van der Waals surface area contributed by atoms with Gasteiger partial charge in [-0.05, 0) is 35.6 Å². The molecule has 2 heterocycles. The number of rotatable bonds is 5. The summed E-state index contributed by atoms with van der Waals surface area (Å²) in [7, 11) is -1.08. The molecule has 0 spiro atoms. The van der Waals surface area contributed by atoms with Crippen LogP contribution in [0.3, 0.4) is 0 Å². The molecule has 0 unspecified atom stereocenters. The summed E-state index contributed by atoms with van der Waals surface area (Å²) in [6, 6.07) is 1.12. The fourth-order valence-corrected chi connectivity index (χ4v) is 3.29. The number of aryl methyl sites for hydroxylation is 1. The van der Waals surface area contributed by atoms with Gasteiger partial charge in [-0.2, -0.15) is 5.10 Å². The predicted molar refractivity (Wildman–Crippen MR) is 89.0 cm³/mol. The third-order valence-corrected chi connectivity index (χ3v) is 5.80. The smallest absolute Gasteiger partial charge is 0.161 e. The summed E-state index contributed by atoms with van der Waals surface area (Å²) in [5.41, 5.74) is 1.08. The highest BCUT2D eigenvalue weighted by atomic mass is 127. The van der Waals surface area contributed by atoms with Crippen LogP contribution >= 0.6 is 22.6 Å². The van der Waals surface area contributed by atoms with Crippen molar-refractivity contribution in [1.82, 2.24) is 14.8 Å². The van der Waals surface area contributed by atoms with Crippen molar-refractivity contribution in [1.29, 1.82) is 0 Å². The maximum Gasteiger partial charge on any atom is 0.161 e. The van der Waals surface area contributed by atoms with Crippen LogP contribution in [0.1, 0.15) is 5.69 Å². The Morgan fingerprint density at radius 1 is 1.40 bits per heavy atom. The average Bonchev–Trinajstić information content (AvgIpc) is 2.74. The van der Waals surface area contributed by atoms with E-state index in [1.54, 1.807) is 17.8 Å². The van der Waals surface area contributed by atoms with Crippen molar-refractivity contribution < 1.29 is 9.13 Å². The van der Waals surface area contributed by atoms with Crippen molar-refractivity contribution in [3.8, 4) is 0 Å². The highest BCUT2D eigenvalue weighted by Crippen LogP contribution is 2.23. The number of ether oxygens (including phenoxy) is 1. The van der Waals surface area contributed by atoms with Gasteiger partial charge in [0.2, 0.25) is 0 Å². The van der Waals surface area contributed by atoms with E-state index < -0.39 is 8.07 Å². The second kappa shape index (κ2) is 6.06. The summed E-state index contributed by atoms with van der Waals surface area (Å²) in [4.78, 5) is 4.27. The Kier molecular flexibility index (Phi) is 4.80. The zero-order chi connectivity index (χ0) is 14.9. The number of fused-ring (bicyclic) bond motifs is 1. The summed E-state index contributed by atoms with van der Waals surface area (Å²) in [5, 5.41) is 4.98. The molecular weight excluding hydrogens is 388 g/mol. The maximum atomic E-state index is 13.8. The molecule has 0 aliphatic carbocycles. The molecule has 2 aromatic heterocycles. The van der Waals surface area contributed by atoms with Crippen LogP contribution in [0.2, 0.25) is 25.7 Å². The Labute approximate surface area is 132 Å². The quantitative estimate of drug-likeness (QED) is 0.430. The number of hydrogen-bond donors (Lipinski definition) is 0. The Bertz CT molecular complexity index is 624. The molecule has 2 aromatic rings. The lowest BCUT2D eigenvalue weighted by atomic mass is 10.3. The zero-order valence-electron chi connectivity index (χ0n) is 12.2. The number of nitrogens with zero attached hydrogens (tertiary/aromatic N) is 3. The van der Waals surface area contributed by atoms with Crippen molar-refractivity contribution in [2.24, 2.45) is 0 Å². The van der Waals surface area contributed by atoms with Gasteiger partial charge >= 0.3 is 0 Å². The molecule has 0 aromatic carbocycles. The lowest BCUT2D eigenvalue weighted by molar-refractivity contribution is 0.0812. The molecule has 0 saturated heterocycles. The van der Waals surface area contributed by atoms with E-state index in [4.69, 9.17) is 4.74 Å². The van der Waals surface area contributed by atoms with Crippen LogP contribution in [-0.2, 0) is 11.5 Å². The SMILES string of the molecule is Cc1nc2c(cnn2COCC[Si](C)(C)C)c(I)c1F. The fourth-order valence-electron chi connectivity index (χ4n) is 1.76. The topological polar surface area (TPSA) is 39.9 Å². The van der Waals surface area contributed by atoms with E-state index in [2.05, 4.69) is 29.7 Å². The molecule has 2 rings (SSSR count). The molecule has 0 fully saturated rings. The second-order valence-electron chi connectivity index (χ2n) is 6.05. The summed E-state index contributed by atoms with van der Waals surface area (Å²) in [6.45, 7) is 9.71. The Hall–Kier alpha value is -0.543. The number of hydrogen-bond acceptors (Lipinski definition) is 3. The first-order valence-corrected chi connectivity index (χ1v) is 11.3. The highest BCUT2D eigenvalue weighted by molar-refractivity contribution is 14.1. The molecule has 20 heavy (non-hydrogen) atoms.